The molecule has 3 rings (SSSR count). The van der Waals surface area contributed by atoms with E-state index in [1.807, 2.05) is 30.3 Å². The first-order chi connectivity index (χ1) is 10.9. The van der Waals surface area contributed by atoms with Crippen LogP contribution in [0.15, 0.2) is 30.3 Å². The van der Waals surface area contributed by atoms with Crippen molar-refractivity contribution in [2.45, 2.75) is 44.4 Å². The molecule has 0 bridgehead atoms. The zero-order chi connectivity index (χ0) is 16.6. The van der Waals surface area contributed by atoms with Crippen molar-refractivity contribution >= 4 is 12.0 Å². The minimum absolute atomic E-state index is 0.154. The van der Waals surface area contributed by atoms with E-state index >= 15 is 0 Å². The van der Waals surface area contributed by atoms with E-state index in [9.17, 15) is 14.7 Å². The molecule has 2 N–H and O–H groups in total. The van der Waals surface area contributed by atoms with Crippen molar-refractivity contribution in [1.29, 1.82) is 0 Å². The van der Waals surface area contributed by atoms with E-state index in [0.717, 1.165) is 10.5 Å². The maximum atomic E-state index is 12.0. The molecule has 0 aliphatic carbocycles. The van der Waals surface area contributed by atoms with Gasteiger partial charge in [0.15, 0.2) is 5.79 Å². The zero-order valence-electron chi connectivity index (χ0n) is 13.1. The molecule has 2 fully saturated rings. The van der Waals surface area contributed by atoms with Crippen molar-refractivity contribution in [2.75, 3.05) is 6.61 Å². The number of carbonyl (C=O) groups is 2. The first kappa shape index (κ1) is 15.8. The van der Waals surface area contributed by atoms with Gasteiger partial charge in [-0.05, 0) is 19.4 Å². The highest BCUT2D eigenvalue weighted by Crippen LogP contribution is 2.30. The van der Waals surface area contributed by atoms with Crippen LogP contribution in [0.4, 0.5) is 4.79 Å². The fourth-order valence-electron chi connectivity index (χ4n) is 2.98. The van der Waals surface area contributed by atoms with Crippen molar-refractivity contribution < 1.29 is 24.2 Å². The molecule has 2 saturated heterocycles. The first-order valence-corrected chi connectivity index (χ1v) is 7.53. The minimum Gasteiger partial charge on any atom is -0.465 e. The molecule has 1 aromatic rings. The molecule has 3 atom stereocenters. The molecule has 0 aromatic heterocycles. The summed E-state index contributed by atoms with van der Waals surface area (Å²) in [5.74, 6) is -1.02. The summed E-state index contributed by atoms with van der Waals surface area (Å²) < 4.78 is 11.3. The summed E-state index contributed by atoms with van der Waals surface area (Å²) in [5.41, 5.74) is 0.831. The summed E-state index contributed by atoms with van der Waals surface area (Å²) in [5, 5.41) is 12.3. The summed E-state index contributed by atoms with van der Waals surface area (Å²) in [6.45, 7) is 4.07. The number of hydrogen-bond donors (Lipinski definition) is 2. The number of nitrogens with zero attached hydrogens (tertiary/aromatic N) is 1. The second-order valence-electron chi connectivity index (χ2n) is 6.24. The van der Waals surface area contributed by atoms with Crippen LogP contribution in [0.2, 0.25) is 0 Å². The van der Waals surface area contributed by atoms with Crippen LogP contribution < -0.4 is 5.32 Å². The Morgan fingerprint density at radius 2 is 2.09 bits per heavy atom. The van der Waals surface area contributed by atoms with Crippen LogP contribution in [-0.4, -0.2) is 52.6 Å². The Morgan fingerprint density at radius 1 is 1.39 bits per heavy atom. The lowest BCUT2D eigenvalue weighted by Gasteiger charge is -2.44. The van der Waals surface area contributed by atoms with Crippen LogP contribution in [-0.2, 0) is 20.8 Å². The molecule has 0 saturated carbocycles. The second kappa shape index (κ2) is 5.82. The molecule has 23 heavy (non-hydrogen) atoms. The maximum Gasteiger partial charge on any atom is 0.408 e. The molecule has 2 aliphatic rings. The third kappa shape index (κ3) is 3.16. The van der Waals surface area contributed by atoms with Crippen LogP contribution in [0.5, 0.6) is 0 Å². The summed E-state index contributed by atoms with van der Waals surface area (Å²) in [6, 6.07) is 8.03. The van der Waals surface area contributed by atoms with Crippen molar-refractivity contribution in [3.05, 3.63) is 35.9 Å². The maximum absolute atomic E-state index is 12.0. The molecule has 0 spiro atoms. The molecule has 2 heterocycles. The van der Waals surface area contributed by atoms with Crippen LogP contribution in [0.3, 0.4) is 0 Å². The summed E-state index contributed by atoms with van der Waals surface area (Å²) in [4.78, 5) is 24.8. The molecular weight excluding hydrogens is 300 g/mol. The highest BCUT2D eigenvalue weighted by molar-refractivity contribution is 5.92. The topological polar surface area (TPSA) is 88.1 Å². The Bertz CT molecular complexity index is 604. The Labute approximate surface area is 134 Å². The van der Waals surface area contributed by atoms with Crippen LogP contribution >= 0.6 is 0 Å². The Balaban J connectivity index is 1.75. The molecule has 7 heteroatoms. The lowest BCUT2D eigenvalue weighted by molar-refractivity contribution is -0.158. The van der Waals surface area contributed by atoms with Gasteiger partial charge in [-0.3, -0.25) is 9.69 Å². The van der Waals surface area contributed by atoms with Crippen LogP contribution in [0.1, 0.15) is 19.4 Å². The van der Waals surface area contributed by atoms with E-state index in [2.05, 4.69) is 5.32 Å². The number of ether oxygens (including phenoxy) is 2. The minimum atomic E-state index is -1.13. The number of hydrogen-bond acceptors (Lipinski definition) is 4. The van der Waals surface area contributed by atoms with Gasteiger partial charge in [-0.1, -0.05) is 30.3 Å². The van der Waals surface area contributed by atoms with Gasteiger partial charge in [-0.2, -0.15) is 0 Å². The average Bonchev–Trinajstić information content (AvgIpc) is 2.84. The second-order valence-corrected chi connectivity index (χ2v) is 6.24. The van der Waals surface area contributed by atoms with Gasteiger partial charge in [0, 0.05) is 6.54 Å². The predicted molar refractivity (Wildman–Crippen MR) is 80.6 cm³/mol. The van der Waals surface area contributed by atoms with E-state index in [0.29, 0.717) is 6.61 Å². The third-order valence-electron chi connectivity index (χ3n) is 4.13. The van der Waals surface area contributed by atoms with Crippen LogP contribution in [0.25, 0.3) is 0 Å². The smallest absolute Gasteiger partial charge is 0.408 e. The number of carboxylic acid groups (broad SMARTS) is 1. The van der Waals surface area contributed by atoms with Gasteiger partial charge in [0.2, 0.25) is 5.91 Å². The Morgan fingerprint density at radius 3 is 2.61 bits per heavy atom. The normalized spacial score (nSPS) is 28.8. The highest BCUT2D eigenvalue weighted by Gasteiger charge is 2.52. The number of rotatable bonds is 4. The molecule has 0 unspecified atom stereocenters. The first-order valence-electron chi connectivity index (χ1n) is 7.53. The predicted octanol–water partition coefficient (Wildman–Crippen LogP) is 1.19. The van der Waals surface area contributed by atoms with Gasteiger partial charge in [0.25, 0.3) is 0 Å². The fourth-order valence-corrected chi connectivity index (χ4v) is 2.98. The summed E-state index contributed by atoms with van der Waals surface area (Å²) >= 11 is 0. The zero-order valence-corrected chi connectivity index (χ0v) is 13.1. The van der Waals surface area contributed by atoms with Crippen molar-refractivity contribution in [3.8, 4) is 0 Å². The molecule has 2 aliphatic heterocycles. The van der Waals surface area contributed by atoms with Crippen molar-refractivity contribution in [1.82, 2.24) is 10.2 Å². The number of amides is 2. The van der Waals surface area contributed by atoms with Crippen molar-refractivity contribution in [2.24, 2.45) is 0 Å². The van der Waals surface area contributed by atoms with E-state index in [1.165, 1.54) is 0 Å². The molecule has 1 aromatic carbocycles. The summed E-state index contributed by atoms with van der Waals surface area (Å²) in [7, 11) is 0. The van der Waals surface area contributed by atoms with E-state index in [1.54, 1.807) is 13.8 Å². The SMILES string of the molecule is CC1(C)OC[C@@H]([C@H]2NC(=O)[C@H]2N(Cc2ccccc2)C(=O)O)O1. The van der Waals surface area contributed by atoms with Gasteiger partial charge in [0.1, 0.15) is 12.1 Å². The van der Waals surface area contributed by atoms with E-state index in [-0.39, 0.29) is 18.6 Å². The Hall–Kier alpha value is -2.12. The quantitative estimate of drug-likeness (QED) is 0.814. The van der Waals surface area contributed by atoms with Gasteiger partial charge in [-0.15, -0.1) is 0 Å². The number of benzene rings is 1. The van der Waals surface area contributed by atoms with Crippen LogP contribution in [0, 0.1) is 0 Å². The lowest BCUT2D eigenvalue weighted by Crippen LogP contribution is -2.73. The molecule has 7 nitrogen and oxygen atoms in total. The highest BCUT2D eigenvalue weighted by atomic mass is 16.7. The molecular formula is C16H20N2O5. The van der Waals surface area contributed by atoms with Gasteiger partial charge in [-0.25, -0.2) is 4.79 Å². The standard InChI is InChI=1S/C16H20N2O5/c1-16(2)22-9-11(23-16)12-13(14(19)17-12)18(15(20)21)8-10-6-4-3-5-7-10/h3-7,11-13H,8-9H2,1-2H3,(H,17,19)(H,20,21)/t11-,12+,13-/m0/s1. The van der Waals surface area contributed by atoms with Gasteiger partial charge < -0.3 is 19.9 Å². The largest absolute Gasteiger partial charge is 0.465 e. The third-order valence-corrected chi connectivity index (χ3v) is 4.13. The van der Waals surface area contributed by atoms with E-state index in [4.69, 9.17) is 9.47 Å². The fraction of sp³-hybridized carbons (Fsp3) is 0.500. The molecule has 124 valence electrons. The monoisotopic (exact) mass is 320 g/mol. The van der Waals surface area contributed by atoms with Gasteiger partial charge >= 0.3 is 6.09 Å². The molecule has 2 amide bonds. The lowest BCUT2D eigenvalue weighted by atomic mass is 9.92. The average molecular weight is 320 g/mol. The number of carbonyl (C=O) groups excluding carboxylic acids is 1. The van der Waals surface area contributed by atoms with Gasteiger partial charge in [0.05, 0.1) is 12.6 Å². The van der Waals surface area contributed by atoms with E-state index < -0.39 is 24.0 Å². The van der Waals surface area contributed by atoms with Crippen molar-refractivity contribution in [3.63, 3.8) is 0 Å². The number of nitrogens with one attached hydrogen (secondary N) is 1. The summed E-state index contributed by atoms with van der Waals surface area (Å²) in [6.07, 6.45) is -1.48. The molecule has 0 radical (unpaired) electrons. The Kier molecular flexibility index (Phi) is 3.99. The number of β-lactam (4-membered cyclic amide) rings is 1.